The van der Waals surface area contributed by atoms with E-state index >= 15 is 0 Å². The van der Waals surface area contributed by atoms with Crippen LogP contribution in [0.25, 0.3) is 61.4 Å². The molecule has 8 aromatic rings. The molecule has 2 aliphatic rings. The molecule has 0 spiro atoms. The van der Waals surface area contributed by atoms with E-state index in [0.29, 0.717) is 5.92 Å². The largest absolute Gasteiger partial charge is 0.455 e. The molecule has 0 amide bonds. The molecule has 0 fully saturated rings. The molecule has 10 rings (SSSR count). The average Bonchev–Trinajstić information content (AvgIpc) is 3.64. The molecule has 1 unspecified atom stereocenters. The Morgan fingerprint density at radius 1 is 0.593 bits per heavy atom. The van der Waals surface area contributed by atoms with Crippen LogP contribution in [0.3, 0.4) is 0 Å². The second-order valence-corrected chi connectivity index (χ2v) is 14.3. The van der Waals surface area contributed by atoms with E-state index in [1.54, 1.807) is 0 Å². The minimum atomic E-state index is 0.347. The van der Waals surface area contributed by atoms with Gasteiger partial charge in [0.05, 0.1) is 5.69 Å². The summed E-state index contributed by atoms with van der Waals surface area (Å²) in [6, 6.07) is 58.9. The maximum Gasteiger partial charge on any atom is 0.143 e. The predicted molar refractivity (Wildman–Crippen MR) is 227 cm³/mol. The molecule has 0 N–H and O–H groups in total. The Morgan fingerprint density at radius 2 is 1.24 bits per heavy atom. The van der Waals surface area contributed by atoms with Crippen molar-refractivity contribution in [3.63, 3.8) is 0 Å². The van der Waals surface area contributed by atoms with Crippen molar-refractivity contribution in [2.75, 3.05) is 4.90 Å². The van der Waals surface area contributed by atoms with Crippen molar-refractivity contribution >= 4 is 39.4 Å². The first-order valence-corrected chi connectivity index (χ1v) is 19.0. The number of fused-ring (bicyclic) bond motifs is 5. The van der Waals surface area contributed by atoms with Gasteiger partial charge in [0.15, 0.2) is 0 Å². The second kappa shape index (κ2) is 13.7. The number of hydrogen-bond donors (Lipinski definition) is 0. The fourth-order valence-corrected chi connectivity index (χ4v) is 8.46. The van der Waals surface area contributed by atoms with Crippen LogP contribution in [0, 0.1) is 0 Å². The topological polar surface area (TPSA) is 16.4 Å². The molecule has 2 nitrogen and oxygen atoms in total. The summed E-state index contributed by atoms with van der Waals surface area (Å²) in [7, 11) is 0. The van der Waals surface area contributed by atoms with Gasteiger partial charge < -0.3 is 9.32 Å². The van der Waals surface area contributed by atoms with E-state index < -0.39 is 0 Å². The van der Waals surface area contributed by atoms with E-state index in [-0.39, 0.29) is 0 Å². The lowest BCUT2D eigenvalue weighted by Crippen LogP contribution is -2.19. The minimum Gasteiger partial charge on any atom is -0.455 e. The number of anilines is 2. The smallest absolute Gasteiger partial charge is 0.143 e. The van der Waals surface area contributed by atoms with Gasteiger partial charge in [0.25, 0.3) is 0 Å². The monoisotopic (exact) mass is 693 g/mol. The number of rotatable bonds is 7. The number of hydrogen-bond acceptors (Lipinski definition) is 2. The van der Waals surface area contributed by atoms with Gasteiger partial charge in [0.1, 0.15) is 11.2 Å². The van der Waals surface area contributed by atoms with Crippen molar-refractivity contribution in [2.45, 2.75) is 25.2 Å². The molecule has 0 radical (unpaired) electrons. The zero-order valence-electron chi connectivity index (χ0n) is 30.0. The Kier molecular flexibility index (Phi) is 8.15. The van der Waals surface area contributed by atoms with Crippen LogP contribution in [-0.2, 0) is 6.42 Å². The summed E-state index contributed by atoms with van der Waals surface area (Å²) in [5, 5.41) is 2.28. The molecule has 54 heavy (non-hydrogen) atoms. The summed E-state index contributed by atoms with van der Waals surface area (Å²) in [5.74, 6) is 0.347. The molecular formula is C52H39NO. The van der Waals surface area contributed by atoms with Gasteiger partial charge in [0.2, 0.25) is 0 Å². The van der Waals surface area contributed by atoms with Gasteiger partial charge in [-0.2, -0.15) is 0 Å². The van der Waals surface area contributed by atoms with Crippen LogP contribution in [0.1, 0.15) is 35.4 Å². The van der Waals surface area contributed by atoms with Crippen molar-refractivity contribution in [2.24, 2.45) is 0 Å². The Labute approximate surface area is 316 Å². The van der Waals surface area contributed by atoms with Crippen LogP contribution in [-0.4, -0.2) is 0 Å². The normalized spacial score (nSPS) is 15.0. The van der Waals surface area contributed by atoms with Gasteiger partial charge in [-0.1, -0.05) is 164 Å². The number of allylic oxidation sites excluding steroid dienone is 4. The minimum absolute atomic E-state index is 0.347. The Balaban J connectivity index is 1.22. The highest BCUT2D eigenvalue weighted by molar-refractivity contribution is 6.18. The Morgan fingerprint density at radius 3 is 1.93 bits per heavy atom. The third kappa shape index (κ3) is 5.68. The maximum absolute atomic E-state index is 6.92. The zero-order chi connectivity index (χ0) is 35.8. The molecular weight excluding hydrogens is 655 g/mol. The summed E-state index contributed by atoms with van der Waals surface area (Å²) in [4.78, 5) is 2.49. The summed E-state index contributed by atoms with van der Waals surface area (Å²) >= 11 is 0. The summed E-state index contributed by atoms with van der Waals surface area (Å²) in [5.41, 5.74) is 16.4. The quantitative estimate of drug-likeness (QED) is 0.165. The lowest BCUT2D eigenvalue weighted by Gasteiger charge is -2.32. The van der Waals surface area contributed by atoms with Gasteiger partial charge in [-0.05, 0) is 88.5 Å². The van der Waals surface area contributed by atoms with Crippen LogP contribution in [0.4, 0.5) is 11.4 Å². The Bertz CT molecular complexity index is 2700. The number of furan rings is 1. The van der Waals surface area contributed by atoms with E-state index in [0.717, 1.165) is 46.9 Å². The highest BCUT2D eigenvalue weighted by atomic mass is 16.3. The molecule has 1 aromatic heterocycles. The highest BCUT2D eigenvalue weighted by Crippen LogP contribution is 2.48. The third-order valence-electron chi connectivity index (χ3n) is 11.1. The molecule has 7 aromatic carbocycles. The van der Waals surface area contributed by atoms with Crippen molar-refractivity contribution in [1.29, 1.82) is 0 Å². The summed E-state index contributed by atoms with van der Waals surface area (Å²) in [6.07, 6.45) is 14.6. The van der Waals surface area contributed by atoms with E-state index in [1.165, 1.54) is 61.5 Å². The lowest BCUT2D eigenvalue weighted by atomic mass is 9.88. The molecule has 0 bridgehead atoms. The highest BCUT2D eigenvalue weighted by Gasteiger charge is 2.27. The van der Waals surface area contributed by atoms with Gasteiger partial charge in [-0.25, -0.2) is 0 Å². The number of benzene rings is 7. The van der Waals surface area contributed by atoms with Crippen LogP contribution >= 0.6 is 0 Å². The molecule has 0 aliphatic heterocycles. The molecule has 2 aliphatic carbocycles. The van der Waals surface area contributed by atoms with E-state index in [1.807, 2.05) is 0 Å². The lowest BCUT2D eigenvalue weighted by molar-refractivity contribution is 0.666. The van der Waals surface area contributed by atoms with E-state index in [9.17, 15) is 0 Å². The van der Waals surface area contributed by atoms with Crippen LogP contribution in [0.5, 0.6) is 0 Å². The standard InChI is InChI=1S/C52H39NO/c1-5-15-36(16-6-1)38-25-29-42(30-26-38)53(43-31-27-39(28-32-43)37-17-7-2-8-18-37)48-35-47-51-49(54-52(47)46-24-14-13-23-45(46)48)34-33-44(40-19-9-3-10-20-40)50(51)41-21-11-4-12-22-41/h1-12,14-22,24-27,29-35,39H,13,23,28H2. The molecule has 1 atom stereocenters. The van der Waals surface area contributed by atoms with E-state index in [4.69, 9.17) is 4.42 Å². The Hall–Kier alpha value is -6.64. The van der Waals surface area contributed by atoms with Crippen molar-refractivity contribution in [1.82, 2.24) is 0 Å². The summed E-state index contributed by atoms with van der Waals surface area (Å²) in [6.45, 7) is 0. The van der Waals surface area contributed by atoms with E-state index in [2.05, 4.69) is 199 Å². The fraction of sp³-hybridized carbons (Fsp3) is 0.0769. The molecule has 0 saturated heterocycles. The first-order chi connectivity index (χ1) is 26.8. The van der Waals surface area contributed by atoms with Crippen LogP contribution < -0.4 is 4.90 Å². The van der Waals surface area contributed by atoms with Crippen molar-refractivity contribution in [3.8, 4) is 33.4 Å². The molecule has 0 saturated carbocycles. The molecule has 1 heterocycles. The van der Waals surface area contributed by atoms with Gasteiger partial charge in [-0.3, -0.25) is 0 Å². The van der Waals surface area contributed by atoms with Gasteiger partial charge >= 0.3 is 0 Å². The number of nitrogens with zero attached hydrogens (tertiary/aromatic N) is 1. The average molecular weight is 694 g/mol. The molecule has 2 heteroatoms. The maximum atomic E-state index is 6.92. The SMILES string of the molecule is C1=Cc2c(c(N(C3=CCC(c4ccccc4)C=C3)c3ccc(-c4ccccc4)cc3)cc3c2oc2ccc(-c4ccccc4)c(-c4ccccc4)c23)CC1. The summed E-state index contributed by atoms with van der Waals surface area (Å²) < 4.78 is 6.92. The second-order valence-electron chi connectivity index (χ2n) is 14.3. The van der Waals surface area contributed by atoms with Crippen LogP contribution in [0.2, 0.25) is 0 Å². The fourth-order valence-electron chi connectivity index (χ4n) is 8.46. The first kappa shape index (κ1) is 32.0. The van der Waals surface area contributed by atoms with Crippen LogP contribution in [0.15, 0.2) is 198 Å². The first-order valence-electron chi connectivity index (χ1n) is 19.0. The zero-order valence-corrected chi connectivity index (χ0v) is 30.0. The third-order valence-corrected chi connectivity index (χ3v) is 11.1. The predicted octanol–water partition coefficient (Wildman–Crippen LogP) is 14.3. The van der Waals surface area contributed by atoms with Gasteiger partial charge in [-0.15, -0.1) is 0 Å². The molecule has 258 valence electrons. The van der Waals surface area contributed by atoms with Crippen molar-refractivity contribution in [3.05, 3.63) is 210 Å². The van der Waals surface area contributed by atoms with Crippen molar-refractivity contribution < 1.29 is 4.42 Å². The van der Waals surface area contributed by atoms with Gasteiger partial charge in [0, 0.05) is 39.2 Å².